The van der Waals surface area contributed by atoms with E-state index in [1.165, 1.54) is 13.8 Å². The molecule has 1 aromatic rings. The number of esters is 1. The Kier molecular flexibility index (Phi) is 7.33. The molecule has 9 heteroatoms. The highest BCUT2D eigenvalue weighted by molar-refractivity contribution is 7.88. The summed E-state index contributed by atoms with van der Waals surface area (Å²) in [7, 11) is -3.70. The van der Waals surface area contributed by atoms with Gasteiger partial charge in [0.2, 0.25) is 15.9 Å². The van der Waals surface area contributed by atoms with E-state index in [4.69, 9.17) is 4.74 Å². The quantitative estimate of drug-likeness (QED) is 0.540. The fraction of sp³-hybridized carbons (Fsp3) is 0.467. The summed E-state index contributed by atoms with van der Waals surface area (Å²) in [6.45, 7) is 2.73. The van der Waals surface area contributed by atoms with Crippen LogP contribution in [0, 0.1) is 0 Å². The second-order valence-corrected chi connectivity index (χ2v) is 7.21. The van der Waals surface area contributed by atoms with Gasteiger partial charge in [-0.25, -0.2) is 17.9 Å². The number of sulfonamides is 1. The first-order chi connectivity index (χ1) is 11.1. The standard InChI is InChI=1S/C15H22N2O6S/c1-10(15(20)23-9-12-7-5-4-6-8-12)16-14(19)13(11(2)18)17-24(3,21)22/h4-8,10-11,13,17-18H,9H2,1-3H3,(H,16,19)/t10-,11-,13+/m1/s1. The minimum atomic E-state index is -3.70. The molecule has 0 aromatic heterocycles. The van der Waals surface area contributed by atoms with Crippen molar-refractivity contribution in [3.8, 4) is 0 Å². The zero-order chi connectivity index (χ0) is 18.3. The molecule has 0 aliphatic rings. The Bertz CT molecular complexity index is 660. The smallest absolute Gasteiger partial charge is 0.328 e. The second-order valence-electron chi connectivity index (χ2n) is 5.43. The first-order valence-electron chi connectivity index (χ1n) is 7.26. The van der Waals surface area contributed by atoms with E-state index in [0.717, 1.165) is 11.8 Å². The number of aliphatic hydroxyl groups excluding tert-OH is 1. The van der Waals surface area contributed by atoms with Gasteiger partial charge in [0.25, 0.3) is 0 Å². The maximum atomic E-state index is 12.0. The molecule has 0 aliphatic carbocycles. The number of aliphatic hydroxyl groups is 1. The Hall–Kier alpha value is -1.97. The number of rotatable bonds is 8. The summed E-state index contributed by atoms with van der Waals surface area (Å²) in [5.74, 6) is -1.49. The maximum absolute atomic E-state index is 12.0. The van der Waals surface area contributed by atoms with Gasteiger partial charge in [-0.3, -0.25) is 4.79 Å². The van der Waals surface area contributed by atoms with Crippen molar-refractivity contribution >= 4 is 21.9 Å². The summed E-state index contributed by atoms with van der Waals surface area (Å²) >= 11 is 0. The van der Waals surface area contributed by atoms with Crippen LogP contribution in [0.25, 0.3) is 0 Å². The van der Waals surface area contributed by atoms with E-state index in [1.54, 1.807) is 24.3 Å². The third-order valence-corrected chi connectivity index (χ3v) is 3.72. The summed E-state index contributed by atoms with van der Waals surface area (Å²) in [6, 6.07) is 6.62. The van der Waals surface area contributed by atoms with Crippen molar-refractivity contribution in [3.05, 3.63) is 35.9 Å². The van der Waals surface area contributed by atoms with Crippen molar-refractivity contribution < 1.29 is 27.9 Å². The highest BCUT2D eigenvalue weighted by atomic mass is 32.2. The molecule has 0 bridgehead atoms. The number of benzene rings is 1. The summed E-state index contributed by atoms with van der Waals surface area (Å²) < 4.78 is 29.6. The molecule has 1 aromatic carbocycles. The van der Waals surface area contributed by atoms with Crippen LogP contribution in [0.1, 0.15) is 19.4 Å². The maximum Gasteiger partial charge on any atom is 0.328 e. The first kappa shape index (κ1) is 20.1. The van der Waals surface area contributed by atoms with Gasteiger partial charge in [-0.2, -0.15) is 0 Å². The lowest BCUT2D eigenvalue weighted by Gasteiger charge is -2.21. The molecule has 0 saturated carbocycles. The summed E-state index contributed by atoms with van der Waals surface area (Å²) in [4.78, 5) is 23.9. The monoisotopic (exact) mass is 358 g/mol. The van der Waals surface area contributed by atoms with E-state index < -0.39 is 40.1 Å². The van der Waals surface area contributed by atoms with Crippen LogP contribution in [-0.4, -0.2) is 49.8 Å². The fourth-order valence-corrected chi connectivity index (χ4v) is 2.58. The molecule has 0 fully saturated rings. The Morgan fingerprint density at radius 3 is 2.29 bits per heavy atom. The molecule has 0 heterocycles. The molecule has 1 amide bonds. The number of carbonyl (C=O) groups is 2. The van der Waals surface area contributed by atoms with Crippen molar-refractivity contribution in [2.24, 2.45) is 0 Å². The van der Waals surface area contributed by atoms with Gasteiger partial charge >= 0.3 is 5.97 Å². The van der Waals surface area contributed by atoms with Crippen LogP contribution >= 0.6 is 0 Å². The lowest BCUT2D eigenvalue weighted by atomic mass is 10.1. The SMILES string of the molecule is C[C@@H](NC(=O)[C@@H](NS(C)(=O)=O)[C@@H](C)O)C(=O)OCc1ccccc1. The molecule has 8 nitrogen and oxygen atoms in total. The molecule has 24 heavy (non-hydrogen) atoms. The minimum absolute atomic E-state index is 0.0568. The van der Waals surface area contributed by atoms with Gasteiger partial charge in [0.1, 0.15) is 18.7 Å². The third-order valence-electron chi connectivity index (χ3n) is 3.04. The molecule has 3 N–H and O–H groups in total. The van der Waals surface area contributed by atoms with E-state index in [2.05, 4.69) is 5.32 Å². The Balaban J connectivity index is 2.59. The second kappa shape index (κ2) is 8.76. The molecular formula is C15H22N2O6S. The predicted octanol–water partition coefficient (Wildman–Crippen LogP) is -0.467. The average molecular weight is 358 g/mol. The molecule has 0 aliphatic heterocycles. The molecular weight excluding hydrogens is 336 g/mol. The van der Waals surface area contributed by atoms with E-state index in [0.29, 0.717) is 0 Å². The van der Waals surface area contributed by atoms with Crippen molar-refractivity contribution in [1.82, 2.24) is 10.0 Å². The van der Waals surface area contributed by atoms with Crippen molar-refractivity contribution in [2.45, 2.75) is 38.6 Å². The van der Waals surface area contributed by atoms with Gasteiger partial charge in [0.05, 0.1) is 12.4 Å². The summed E-state index contributed by atoms with van der Waals surface area (Å²) in [5.41, 5.74) is 0.796. The van der Waals surface area contributed by atoms with Crippen LogP contribution in [0.5, 0.6) is 0 Å². The number of ether oxygens (including phenoxy) is 1. The van der Waals surface area contributed by atoms with E-state index >= 15 is 0 Å². The Morgan fingerprint density at radius 2 is 1.79 bits per heavy atom. The number of carbonyl (C=O) groups excluding carboxylic acids is 2. The molecule has 1 rings (SSSR count). The van der Waals surface area contributed by atoms with Crippen molar-refractivity contribution in [3.63, 3.8) is 0 Å². The lowest BCUT2D eigenvalue weighted by Crippen LogP contribution is -2.55. The van der Waals surface area contributed by atoms with Gasteiger partial charge in [-0.05, 0) is 19.4 Å². The highest BCUT2D eigenvalue weighted by Crippen LogP contribution is 2.03. The van der Waals surface area contributed by atoms with E-state index in [1.807, 2.05) is 10.8 Å². The predicted molar refractivity (Wildman–Crippen MR) is 87.3 cm³/mol. The van der Waals surface area contributed by atoms with Gasteiger partial charge in [0, 0.05) is 0 Å². The molecule has 3 atom stereocenters. The van der Waals surface area contributed by atoms with E-state index in [9.17, 15) is 23.1 Å². The molecule has 0 spiro atoms. The van der Waals surface area contributed by atoms with Crippen molar-refractivity contribution in [2.75, 3.05) is 6.26 Å². The number of nitrogens with one attached hydrogen (secondary N) is 2. The third kappa shape index (κ3) is 7.07. The first-order valence-corrected chi connectivity index (χ1v) is 9.15. The lowest BCUT2D eigenvalue weighted by molar-refractivity contribution is -0.149. The average Bonchev–Trinajstić information content (AvgIpc) is 2.50. The van der Waals surface area contributed by atoms with Gasteiger partial charge < -0.3 is 15.2 Å². The molecule has 134 valence electrons. The van der Waals surface area contributed by atoms with E-state index in [-0.39, 0.29) is 6.61 Å². The van der Waals surface area contributed by atoms with Crippen LogP contribution in [0.4, 0.5) is 0 Å². The molecule has 0 radical (unpaired) electrons. The minimum Gasteiger partial charge on any atom is -0.459 e. The van der Waals surface area contributed by atoms with Crippen LogP contribution in [-0.2, 0) is 31.0 Å². The van der Waals surface area contributed by atoms with Gasteiger partial charge in [-0.15, -0.1) is 0 Å². The van der Waals surface area contributed by atoms with Crippen molar-refractivity contribution in [1.29, 1.82) is 0 Å². The van der Waals surface area contributed by atoms with Crippen LogP contribution < -0.4 is 10.0 Å². The Morgan fingerprint density at radius 1 is 1.21 bits per heavy atom. The van der Waals surface area contributed by atoms with Gasteiger partial charge in [-0.1, -0.05) is 30.3 Å². The topological polar surface area (TPSA) is 122 Å². The van der Waals surface area contributed by atoms with Crippen LogP contribution in [0.2, 0.25) is 0 Å². The number of hydrogen-bond acceptors (Lipinski definition) is 6. The summed E-state index contributed by atoms with van der Waals surface area (Å²) in [6.07, 6.45) is -0.403. The molecule has 0 saturated heterocycles. The Labute approximate surface area is 141 Å². The zero-order valence-corrected chi connectivity index (χ0v) is 14.5. The molecule has 0 unspecified atom stereocenters. The van der Waals surface area contributed by atoms with Crippen LogP contribution in [0.3, 0.4) is 0 Å². The van der Waals surface area contributed by atoms with Crippen LogP contribution in [0.15, 0.2) is 30.3 Å². The largest absolute Gasteiger partial charge is 0.459 e. The normalized spacial score (nSPS) is 15.2. The number of amides is 1. The fourth-order valence-electron chi connectivity index (χ4n) is 1.82. The zero-order valence-electron chi connectivity index (χ0n) is 13.7. The number of hydrogen-bond donors (Lipinski definition) is 3. The highest BCUT2D eigenvalue weighted by Gasteiger charge is 2.29. The van der Waals surface area contributed by atoms with Gasteiger partial charge in [0.15, 0.2) is 0 Å². The summed E-state index contributed by atoms with van der Waals surface area (Å²) in [5, 5.41) is 11.9.